The van der Waals surface area contributed by atoms with Crippen molar-refractivity contribution in [3.05, 3.63) is 34.9 Å². The van der Waals surface area contributed by atoms with E-state index in [4.69, 9.17) is 0 Å². The highest BCUT2D eigenvalue weighted by atomic mass is 19.3. The first-order valence-corrected chi connectivity index (χ1v) is 3.51. The molecule has 0 atom stereocenters. The maximum absolute atomic E-state index is 12.7. The van der Waals surface area contributed by atoms with Gasteiger partial charge in [-0.1, -0.05) is 0 Å². The molecule has 0 bridgehead atoms. The zero-order valence-electron chi connectivity index (χ0n) is 6.83. The Bertz CT molecular complexity index is 388. The van der Waals surface area contributed by atoms with Gasteiger partial charge in [0.25, 0.3) is 0 Å². The van der Waals surface area contributed by atoms with Gasteiger partial charge in [-0.3, -0.25) is 4.79 Å². The Labute approximate surface area is 79.3 Å². The van der Waals surface area contributed by atoms with Crippen LogP contribution in [0.4, 0.5) is 26.3 Å². The minimum Gasteiger partial charge on any atom is -0.287 e. The van der Waals surface area contributed by atoms with Crippen molar-refractivity contribution >= 4 is 5.78 Å². The molecule has 0 N–H and O–H groups in total. The van der Waals surface area contributed by atoms with E-state index in [0.29, 0.717) is 0 Å². The van der Waals surface area contributed by atoms with Gasteiger partial charge in [0.05, 0.1) is 0 Å². The van der Waals surface area contributed by atoms with Crippen LogP contribution in [0.1, 0.15) is 10.4 Å². The maximum atomic E-state index is 12.7. The van der Waals surface area contributed by atoms with Gasteiger partial charge < -0.3 is 0 Å². The van der Waals surface area contributed by atoms with Crippen LogP contribution in [0.3, 0.4) is 0 Å². The van der Waals surface area contributed by atoms with Crippen LogP contribution in [0.5, 0.6) is 0 Å². The number of Topliss-reactive ketones (excluding diaryl/α,β-unsaturated/α-hetero) is 1. The van der Waals surface area contributed by atoms with Crippen LogP contribution in [0, 0.1) is 23.3 Å². The Hall–Kier alpha value is -1.53. The summed E-state index contributed by atoms with van der Waals surface area (Å²) >= 11 is 0. The zero-order valence-corrected chi connectivity index (χ0v) is 6.83. The summed E-state index contributed by atoms with van der Waals surface area (Å²) in [7, 11) is 0. The first kappa shape index (κ1) is 11.5. The predicted molar refractivity (Wildman–Crippen MR) is 36.6 cm³/mol. The minimum absolute atomic E-state index is 0.174. The van der Waals surface area contributed by atoms with Crippen molar-refractivity contribution in [2.45, 2.75) is 6.43 Å². The molecule has 1 aromatic rings. The first-order chi connectivity index (χ1) is 6.86. The van der Waals surface area contributed by atoms with E-state index in [-0.39, 0.29) is 6.07 Å². The molecule has 1 aromatic carbocycles. The highest BCUT2D eigenvalue weighted by Gasteiger charge is 2.29. The lowest BCUT2D eigenvalue weighted by molar-refractivity contribution is 0.0666. The van der Waals surface area contributed by atoms with Gasteiger partial charge in [0.1, 0.15) is 5.56 Å². The third-order valence-electron chi connectivity index (χ3n) is 1.56. The van der Waals surface area contributed by atoms with Crippen molar-refractivity contribution in [3.63, 3.8) is 0 Å². The summed E-state index contributed by atoms with van der Waals surface area (Å²) in [4.78, 5) is 10.5. The zero-order chi connectivity index (χ0) is 11.7. The van der Waals surface area contributed by atoms with Gasteiger partial charge in [0, 0.05) is 6.07 Å². The molecule has 0 aliphatic heterocycles. The smallest absolute Gasteiger partial charge is 0.287 e. The number of rotatable bonds is 2. The van der Waals surface area contributed by atoms with Crippen LogP contribution < -0.4 is 0 Å². The number of halogens is 6. The van der Waals surface area contributed by atoms with Crippen molar-refractivity contribution in [2.24, 2.45) is 0 Å². The molecule has 7 heteroatoms. The van der Waals surface area contributed by atoms with Crippen molar-refractivity contribution < 1.29 is 31.1 Å². The van der Waals surface area contributed by atoms with Crippen LogP contribution in [0.2, 0.25) is 0 Å². The fraction of sp³-hybridized carbons (Fsp3) is 0.125. The van der Waals surface area contributed by atoms with Gasteiger partial charge in [-0.2, -0.15) is 0 Å². The minimum atomic E-state index is -3.74. The van der Waals surface area contributed by atoms with Crippen molar-refractivity contribution in [3.8, 4) is 0 Å². The van der Waals surface area contributed by atoms with Gasteiger partial charge in [-0.15, -0.1) is 0 Å². The van der Waals surface area contributed by atoms with Gasteiger partial charge in [-0.25, -0.2) is 26.3 Å². The Kier molecular flexibility index (Phi) is 3.01. The van der Waals surface area contributed by atoms with E-state index in [1.807, 2.05) is 0 Å². The summed E-state index contributed by atoms with van der Waals surface area (Å²) in [5.74, 6) is -10.4. The number of hydrogen-bond donors (Lipinski definition) is 0. The number of hydrogen-bond acceptors (Lipinski definition) is 1. The third kappa shape index (κ3) is 1.95. The third-order valence-corrected chi connectivity index (χ3v) is 1.56. The standard InChI is InChI=1S/C8H2F6O/c9-2-1-3(10)6(12)4(5(2)11)7(15)8(13)14/h1,8H. The van der Waals surface area contributed by atoms with E-state index < -0.39 is 41.0 Å². The van der Waals surface area contributed by atoms with Gasteiger partial charge in [0.2, 0.25) is 5.78 Å². The van der Waals surface area contributed by atoms with Crippen LogP contribution in [0.15, 0.2) is 6.07 Å². The van der Waals surface area contributed by atoms with E-state index >= 15 is 0 Å². The van der Waals surface area contributed by atoms with E-state index in [0.717, 1.165) is 0 Å². The molecule has 0 spiro atoms. The van der Waals surface area contributed by atoms with Crippen LogP contribution >= 0.6 is 0 Å². The molecule has 1 rings (SSSR count). The molecule has 0 saturated heterocycles. The lowest BCUT2D eigenvalue weighted by Crippen LogP contribution is -2.16. The van der Waals surface area contributed by atoms with E-state index in [1.54, 1.807) is 0 Å². The molecule has 0 radical (unpaired) electrons. The average molecular weight is 228 g/mol. The molecule has 0 unspecified atom stereocenters. The van der Waals surface area contributed by atoms with Crippen molar-refractivity contribution in [1.29, 1.82) is 0 Å². The molecule has 0 heterocycles. The topological polar surface area (TPSA) is 17.1 Å². The fourth-order valence-electron chi connectivity index (χ4n) is 0.899. The summed E-state index contributed by atoms with van der Waals surface area (Å²) in [6.07, 6.45) is -3.74. The molecule has 15 heavy (non-hydrogen) atoms. The maximum Gasteiger partial charge on any atom is 0.300 e. The largest absolute Gasteiger partial charge is 0.300 e. The van der Waals surface area contributed by atoms with Gasteiger partial charge in [-0.05, 0) is 0 Å². The second kappa shape index (κ2) is 3.92. The number of carbonyl (C=O) groups is 1. The Morgan fingerprint density at radius 3 is 1.73 bits per heavy atom. The average Bonchev–Trinajstić information content (AvgIpc) is 2.15. The van der Waals surface area contributed by atoms with E-state index in [2.05, 4.69) is 0 Å². The predicted octanol–water partition coefficient (Wildman–Crippen LogP) is 2.69. The molecule has 0 saturated carbocycles. The Balaban J connectivity index is 3.46. The Morgan fingerprint density at radius 2 is 1.40 bits per heavy atom. The van der Waals surface area contributed by atoms with Crippen LogP contribution in [-0.4, -0.2) is 12.2 Å². The van der Waals surface area contributed by atoms with Crippen molar-refractivity contribution in [2.75, 3.05) is 0 Å². The summed E-state index contributed by atoms with van der Waals surface area (Å²) in [5.41, 5.74) is -1.90. The molecule has 0 fully saturated rings. The SMILES string of the molecule is O=C(c1c(F)c(F)cc(F)c1F)C(F)F. The number of alkyl halides is 2. The molecule has 0 amide bonds. The van der Waals surface area contributed by atoms with Crippen LogP contribution in [-0.2, 0) is 0 Å². The monoisotopic (exact) mass is 228 g/mol. The summed E-state index contributed by atoms with van der Waals surface area (Å²) < 4.78 is 74.0. The van der Waals surface area contributed by atoms with E-state index in [1.165, 1.54) is 0 Å². The van der Waals surface area contributed by atoms with Crippen LogP contribution in [0.25, 0.3) is 0 Å². The summed E-state index contributed by atoms with van der Waals surface area (Å²) in [5, 5.41) is 0. The summed E-state index contributed by atoms with van der Waals surface area (Å²) in [6.45, 7) is 0. The number of benzene rings is 1. The molecule has 0 aliphatic carbocycles. The molecule has 1 nitrogen and oxygen atoms in total. The summed E-state index contributed by atoms with van der Waals surface area (Å²) in [6, 6.07) is -0.174. The fourth-order valence-corrected chi connectivity index (χ4v) is 0.899. The Morgan fingerprint density at radius 1 is 1.00 bits per heavy atom. The molecular weight excluding hydrogens is 226 g/mol. The second-order valence-electron chi connectivity index (χ2n) is 2.51. The normalized spacial score (nSPS) is 10.9. The van der Waals surface area contributed by atoms with E-state index in [9.17, 15) is 31.1 Å². The highest BCUT2D eigenvalue weighted by molar-refractivity contribution is 5.98. The highest BCUT2D eigenvalue weighted by Crippen LogP contribution is 2.21. The lowest BCUT2D eigenvalue weighted by Gasteiger charge is -2.04. The second-order valence-corrected chi connectivity index (χ2v) is 2.51. The van der Waals surface area contributed by atoms with Gasteiger partial charge in [0.15, 0.2) is 23.3 Å². The van der Waals surface area contributed by atoms with Gasteiger partial charge >= 0.3 is 6.43 Å². The molecule has 0 aromatic heterocycles. The molecule has 0 aliphatic rings. The lowest BCUT2D eigenvalue weighted by atomic mass is 10.1. The van der Waals surface area contributed by atoms with Crippen molar-refractivity contribution in [1.82, 2.24) is 0 Å². The number of ketones is 1. The molecular formula is C8H2F6O. The quantitative estimate of drug-likeness (QED) is 0.432. The molecule has 82 valence electrons. The number of carbonyl (C=O) groups excluding carboxylic acids is 1. The first-order valence-electron chi connectivity index (χ1n) is 3.51.